The van der Waals surface area contributed by atoms with E-state index in [4.69, 9.17) is 0 Å². The van der Waals surface area contributed by atoms with E-state index in [1.54, 1.807) is 14.0 Å². The summed E-state index contributed by atoms with van der Waals surface area (Å²) in [5.74, 6) is 0.856. The lowest BCUT2D eigenvalue weighted by atomic mass is 10.0. The first-order chi connectivity index (χ1) is 9.08. The summed E-state index contributed by atoms with van der Waals surface area (Å²) < 4.78 is 1.52. The Bertz CT molecular complexity index is 442. The molecule has 1 atom stereocenters. The summed E-state index contributed by atoms with van der Waals surface area (Å²) in [5, 5.41) is 6.99. The van der Waals surface area contributed by atoms with E-state index in [1.165, 1.54) is 23.9 Å². The van der Waals surface area contributed by atoms with Gasteiger partial charge in [-0.25, -0.2) is 9.67 Å². The van der Waals surface area contributed by atoms with E-state index < -0.39 is 0 Å². The lowest BCUT2D eigenvalue weighted by Gasteiger charge is -2.33. The third-order valence-corrected chi connectivity index (χ3v) is 3.70. The summed E-state index contributed by atoms with van der Waals surface area (Å²) in [5.41, 5.74) is 0. The Balaban J connectivity index is 1.79. The average molecular weight is 265 g/mol. The zero-order valence-electron chi connectivity index (χ0n) is 12.0. The van der Waals surface area contributed by atoms with E-state index in [1.807, 2.05) is 0 Å². The van der Waals surface area contributed by atoms with Crippen LogP contribution in [0.2, 0.25) is 0 Å². The molecule has 0 bridgehead atoms. The molecule has 2 rings (SSSR count). The molecular weight excluding hydrogens is 242 g/mol. The SMILES string of the molecule is Cc1nc(C(=O)NCCN2CCCC[C@H]2C)n(C)n1. The summed E-state index contributed by atoms with van der Waals surface area (Å²) in [4.78, 5) is 18.5. The molecule has 1 N–H and O–H groups in total. The summed E-state index contributed by atoms with van der Waals surface area (Å²) in [6.45, 7) is 6.75. The molecule has 0 saturated carbocycles. The Kier molecular flexibility index (Phi) is 4.52. The van der Waals surface area contributed by atoms with Gasteiger partial charge in [-0.15, -0.1) is 0 Å². The predicted molar refractivity (Wildman–Crippen MR) is 73.0 cm³/mol. The molecule has 1 aliphatic heterocycles. The van der Waals surface area contributed by atoms with Crippen molar-refractivity contribution in [2.75, 3.05) is 19.6 Å². The number of nitrogens with one attached hydrogen (secondary N) is 1. The smallest absolute Gasteiger partial charge is 0.288 e. The van der Waals surface area contributed by atoms with Crippen molar-refractivity contribution in [1.82, 2.24) is 25.0 Å². The van der Waals surface area contributed by atoms with Crippen LogP contribution in [0.3, 0.4) is 0 Å². The topological polar surface area (TPSA) is 63.1 Å². The second-order valence-corrected chi connectivity index (χ2v) is 5.24. The number of aromatic nitrogens is 3. The van der Waals surface area contributed by atoms with Crippen molar-refractivity contribution in [1.29, 1.82) is 0 Å². The first kappa shape index (κ1) is 14.0. The van der Waals surface area contributed by atoms with Gasteiger partial charge in [-0.3, -0.25) is 9.69 Å². The maximum Gasteiger partial charge on any atom is 0.288 e. The van der Waals surface area contributed by atoms with E-state index >= 15 is 0 Å². The molecule has 2 heterocycles. The molecule has 19 heavy (non-hydrogen) atoms. The Morgan fingerprint density at radius 3 is 2.89 bits per heavy atom. The normalized spacial score (nSPS) is 20.5. The summed E-state index contributed by atoms with van der Waals surface area (Å²) in [7, 11) is 1.74. The van der Waals surface area contributed by atoms with Crippen LogP contribution in [0.4, 0.5) is 0 Å². The van der Waals surface area contributed by atoms with Crippen LogP contribution in [0.5, 0.6) is 0 Å². The highest BCUT2D eigenvalue weighted by molar-refractivity contribution is 5.90. The quantitative estimate of drug-likeness (QED) is 0.871. The molecule has 0 aliphatic carbocycles. The number of carbonyl (C=O) groups excluding carboxylic acids is 1. The van der Waals surface area contributed by atoms with Crippen molar-refractivity contribution >= 4 is 5.91 Å². The number of hydrogen-bond acceptors (Lipinski definition) is 4. The van der Waals surface area contributed by atoms with E-state index in [2.05, 4.69) is 27.2 Å². The number of likely N-dealkylation sites (tertiary alicyclic amines) is 1. The maximum atomic E-state index is 11.9. The largest absolute Gasteiger partial charge is 0.348 e. The van der Waals surface area contributed by atoms with Crippen LogP contribution in [0.25, 0.3) is 0 Å². The molecule has 6 nitrogen and oxygen atoms in total. The highest BCUT2D eigenvalue weighted by Gasteiger charge is 2.18. The number of amides is 1. The van der Waals surface area contributed by atoms with Gasteiger partial charge in [0.05, 0.1) is 0 Å². The lowest BCUT2D eigenvalue weighted by molar-refractivity contribution is 0.0924. The molecule has 0 unspecified atom stereocenters. The molecular formula is C13H23N5O. The molecule has 0 spiro atoms. The van der Waals surface area contributed by atoms with Crippen molar-refractivity contribution in [2.24, 2.45) is 7.05 Å². The molecule has 1 fully saturated rings. The Morgan fingerprint density at radius 2 is 2.26 bits per heavy atom. The van der Waals surface area contributed by atoms with Gasteiger partial charge in [0, 0.05) is 26.2 Å². The molecule has 1 amide bonds. The average Bonchev–Trinajstić information content (AvgIpc) is 2.71. The molecule has 1 aromatic heterocycles. The Labute approximate surface area is 114 Å². The third kappa shape index (κ3) is 3.53. The van der Waals surface area contributed by atoms with Gasteiger partial charge in [-0.05, 0) is 33.2 Å². The van der Waals surface area contributed by atoms with Crippen LogP contribution in [0.1, 0.15) is 42.6 Å². The molecule has 1 aliphatic rings. The third-order valence-electron chi connectivity index (χ3n) is 3.70. The van der Waals surface area contributed by atoms with Crippen LogP contribution in [0.15, 0.2) is 0 Å². The summed E-state index contributed by atoms with van der Waals surface area (Å²) in [6.07, 6.45) is 3.85. The summed E-state index contributed by atoms with van der Waals surface area (Å²) >= 11 is 0. The number of carbonyl (C=O) groups is 1. The number of hydrogen-bond donors (Lipinski definition) is 1. The highest BCUT2D eigenvalue weighted by Crippen LogP contribution is 2.15. The predicted octanol–water partition coefficient (Wildman–Crippen LogP) is 0.728. The van der Waals surface area contributed by atoms with Crippen molar-refractivity contribution < 1.29 is 4.79 Å². The second kappa shape index (κ2) is 6.14. The number of rotatable bonds is 4. The maximum absolute atomic E-state index is 11.9. The minimum absolute atomic E-state index is 0.146. The zero-order valence-corrected chi connectivity index (χ0v) is 12.0. The van der Waals surface area contributed by atoms with E-state index in [0.717, 1.165) is 13.1 Å². The van der Waals surface area contributed by atoms with Gasteiger partial charge in [0.2, 0.25) is 5.82 Å². The van der Waals surface area contributed by atoms with Crippen LogP contribution in [0, 0.1) is 6.92 Å². The fourth-order valence-corrected chi connectivity index (χ4v) is 2.59. The van der Waals surface area contributed by atoms with Crippen LogP contribution >= 0.6 is 0 Å². The molecule has 1 aromatic rings. The van der Waals surface area contributed by atoms with Gasteiger partial charge in [0.15, 0.2) is 0 Å². The zero-order chi connectivity index (χ0) is 13.8. The minimum Gasteiger partial charge on any atom is -0.348 e. The lowest BCUT2D eigenvalue weighted by Crippen LogP contribution is -2.42. The van der Waals surface area contributed by atoms with E-state index in [9.17, 15) is 4.79 Å². The van der Waals surface area contributed by atoms with Crippen molar-refractivity contribution in [3.05, 3.63) is 11.6 Å². The minimum atomic E-state index is -0.146. The van der Waals surface area contributed by atoms with E-state index in [0.29, 0.717) is 24.2 Å². The van der Waals surface area contributed by atoms with Gasteiger partial charge in [-0.1, -0.05) is 6.42 Å². The van der Waals surface area contributed by atoms with Crippen molar-refractivity contribution in [3.8, 4) is 0 Å². The molecule has 106 valence electrons. The van der Waals surface area contributed by atoms with Gasteiger partial charge in [0.1, 0.15) is 5.82 Å². The number of nitrogens with zero attached hydrogens (tertiary/aromatic N) is 4. The second-order valence-electron chi connectivity index (χ2n) is 5.24. The highest BCUT2D eigenvalue weighted by atomic mass is 16.2. The standard InChI is InChI=1S/C13H23N5O/c1-10-6-4-5-8-18(10)9-7-14-13(19)12-15-11(2)16-17(12)3/h10H,4-9H2,1-3H3,(H,14,19)/t10-/m1/s1. The molecule has 1 saturated heterocycles. The number of aryl methyl sites for hydroxylation is 2. The van der Waals surface area contributed by atoms with Crippen molar-refractivity contribution in [2.45, 2.75) is 39.2 Å². The van der Waals surface area contributed by atoms with Gasteiger partial charge >= 0.3 is 0 Å². The van der Waals surface area contributed by atoms with Crippen molar-refractivity contribution in [3.63, 3.8) is 0 Å². The van der Waals surface area contributed by atoms with E-state index in [-0.39, 0.29) is 5.91 Å². The van der Waals surface area contributed by atoms with Crippen LogP contribution in [-0.2, 0) is 7.05 Å². The fraction of sp³-hybridized carbons (Fsp3) is 0.769. The molecule has 0 radical (unpaired) electrons. The van der Waals surface area contributed by atoms with Crippen LogP contribution < -0.4 is 5.32 Å². The number of piperidine rings is 1. The Morgan fingerprint density at radius 1 is 1.47 bits per heavy atom. The van der Waals surface area contributed by atoms with Gasteiger partial charge in [0.25, 0.3) is 5.91 Å². The first-order valence-corrected chi connectivity index (χ1v) is 6.98. The summed E-state index contributed by atoms with van der Waals surface area (Å²) in [6, 6.07) is 0.628. The van der Waals surface area contributed by atoms with Crippen LogP contribution in [-0.4, -0.2) is 51.2 Å². The fourth-order valence-electron chi connectivity index (χ4n) is 2.59. The first-order valence-electron chi connectivity index (χ1n) is 6.98. The molecule has 6 heteroatoms. The van der Waals surface area contributed by atoms with Gasteiger partial charge < -0.3 is 5.32 Å². The molecule has 0 aromatic carbocycles. The monoisotopic (exact) mass is 265 g/mol. The van der Waals surface area contributed by atoms with Gasteiger partial charge in [-0.2, -0.15) is 5.10 Å². The Hall–Kier alpha value is -1.43.